The molecule has 0 aliphatic carbocycles. The number of benzene rings is 1. The van der Waals surface area contributed by atoms with Gasteiger partial charge in [-0.3, -0.25) is 0 Å². The summed E-state index contributed by atoms with van der Waals surface area (Å²) in [6.45, 7) is 10.2. The maximum Gasteiger partial charge on any atom is 0.161 e. The fourth-order valence-corrected chi connectivity index (χ4v) is 1.93. The van der Waals surface area contributed by atoms with Crippen LogP contribution in [0.15, 0.2) is 18.2 Å². The Balaban J connectivity index is 2.64. The smallest absolute Gasteiger partial charge is 0.161 e. The molecule has 0 spiro atoms. The molecule has 0 saturated heterocycles. The van der Waals surface area contributed by atoms with E-state index in [2.05, 4.69) is 32.2 Å². The van der Waals surface area contributed by atoms with E-state index in [-0.39, 0.29) is 0 Å². The van der Waals surface area contributed by atoms with E-state index in [9.17, 15) is 0 Å². The number of ether oxygens (including phenoxy) is 2. The summed E-state index contributed by atoms with van der Waals surface area (Å²) < 4.78 is 10.9. The van der Waals surface area contributed by atoms with Crippen LogP contribution in [-0.2, 0) is 6.54 Å². The first kappa shape index (κ1) is 15.8. The van der Waals surface area contributed by atoms with Gasteiger partial charge < -0.3 is 14.8 Å². The lowest BCUT2D eigenvalue weighted by molar-refractivity contribution is 0.310. The molecule has 0 fully saturated rings. The van der Waals surface area contributed by atoms with E-state index in [1.165, 1.54) is 12.0 Å². The molecule has 3 nitrogen and oxygen atoms in total. The monoisotopic (exact) mass is 265 g/mol. The lowest BCUT2D eigenvalue weighted by Gasteiger charge is -2.20. The van der Waals surface area contributed by atoms with Gasteiger partial charge in [-0.1, -0.05) is 26.3 Å². The minimum absolute atomic E-state index is 0.516. The van der Waals surface area contributed by atoms with Gasteiger partial charge in [0.15, 0.2) is 11.5 Å². The fourth-order valence-electron chi connectivity index (χ4n) is 1.93. The second kappa shape index (κ2) is 8.05. The van der Waals surface area contributed by atoms with Crippen LogP contribution in [0.3, 0.4) is 0 Å². The molecule has 1 rings (SSSR count). The maximum absolute atomic E-state index is 5.52. The molecule has 0 aliphatic rings. The third-order valence-electron chi connectivity index (χ3n) is 3.65. The molecule has 0 bridgehead atoms. The standard InChI is InChI=1S/C16H27NO2/c1-6-12(3)13(4)17-11-14-8-9-15(19-7-2)16(10-14)18-5/h8-10,12-13,17H,6-7,11H2,1-5H3. The molecular formula is C16H27NO2. The third kappa shape index (κ3) is 4.75. The lowest BCUT2D eigenvalue weighted by atomic mass is 10.0. The molecule has 1 aromatic carbocycles. The zero-order chi connectivity index (χ0) is 14.3. The Bertz CT molecular complexity index is 379. The zero-order valence-corrected chi connectivity index (χ0v) is 12.8. The fraction of sp³-hybridized carbons (Fsp3) is 0.625. The molecule has 0 heterocycles. The van der Waals surface area contributed by atoms with Gasteiger partial charge in [-0.05, 0) is 37.5 Å². The second-order valence-electron chi connectivity index (χ2n) is 4.97. The van der Waals surface area contributed by atoms with Crippen LogP contribution in [0.4, 0.5) is 0 Å². The molecule has 108 valence electrons. The Morgan fingerprint density at radius 3 is 2.47 bits per heavy atom. The van der Waals surface area contributed by atoms with Crippen LogP contribution < -0.4 is 14.8 Å². The summed E-state index contributed by atoms with van der Waals surface area (Å²) in [7, 11) is 1.68. The Kier molecular flexibility index (Phi) is 6.71. The Morgan fingerprint density at radius 1 is 1.16 bits per heavy atom. The third-order valence-corrected chi connectivity index (χ3v) is 3.65. The quantitative estimate of drug-likeness (QED) is 0.778. The minimum Gasteiger partial charge on any atom is -0.493 e. The molecule has 19 heavy (non-hydrogen) atoms. The first-order valence-corrected chi connectivity index (χ1v) is 7.15. The highest BCUT2D eigenvalue weighted by atomic mass is 16.5. The van der Waals surface area contributed by atoms with Crippen LogP contribution in [0.1, 0.15) is 39.7 Å². The Morgan fingerprint density at radius 2 is 1.89 bits per heavy atom. The van der Waals surface area contributed by atoms with E-state index in [0.29, 0.717) is 18.6 Å². The van der Waals surface area contributed by atoms with Crippen LogP contribution in [0.25, 0.3) is 0 Å². The number of methoxy groups -OCH3 is 1. The summed E-state index contributed by atoms with van der Waals surface area (Å²) in [5.74, 6) is 2.30. The molecule has 1 aromatic rings. The second-order valence-corrected chi connectivity index (χ2v) is 4.97. The lowest BCUT2D eigenvalue weighted by Crippen LogP contribution is -2.31. The first-order chi connectivity index (χ1) is 9.12. The van der Waals surface area contributed by atoms with Gasteiger partial charge in [0.1, 0.15) is 0 Å². The van der Waals surface area contributed by atoms with Gasteiger partial charge >= 0.3 is 0 Å². The Labute approximate surface area is 117 Å². The van der Waals surface area contributed by atoms with Gasteiger partial charge in [0.05, 0.1) is 13.7 Å². The summed E-state index contributed by atoms with van der Waals surface area (Å²) in [6, 6.07) is 6.63. The van der Waals surface area contributed by atoms with Crippen molar-refractivity contribution in [2.45, 2.75) is 46.7 Å². The summed E-state index contributed by atoms with van der Waals surface area (Å²) in [5.41, 5.74) is 1.22. The van der Waals surface area contributed by atoms with Gasteiger partial charge in [-0.2, -0.15) is 0 Å². The highest BCUT2D eigenvalue weighted by Crippen LogP contribution is 2.28. The van der Waals surface area contributed by atoms with Crippen LogP contribution in [-0.4, -0.2) is 19.8 Å². The van der Waals surface area contributed by atoms with Crippen LogP contribution >= 0.6 is 0 Å². The topological polar surface area (TPSA) is 30.5 Å². The van der Waals surface area contributed by atoms with Gasteiger partial charge in [-0.15, -0.1) is 0 Å². The van der Waals surface area contributed by atoms with Crippen molar-refractivity contribution >= 4 is 0 Å². The molecule has 3 heteroatoms. The Hall–Kier alpha value is -1.22. The molecule has 2 atom stereocenters. The molecule has 0 saturated carbocycles. The van der Waals surface area contributed by atoms with Crippen LogP contribution in [0, 0.1) is 5.92 Å². The predicted octanol–water partition coefficient (Wildman–Crippen LogP) is 3.62. The van der Waals surface area contributed by atoms with E-state index < -0.39 is 0 Å². The highest BCUT2D eigenvalue weighted by molar-refractivity contribution is 5.42. The van der Waals surface area contributed by atoms with Crippen molar-refractivity contribution in [1.82, 2.24) is 5.32 Å². The number of nitrogens with one attached hydrogen (secondary N) is 1. The number of hydrogen-bond donors (Lipinski definition) is 1. The van der Waals surface area contributed by atoms with E-state index in [4.69, 9.17) is 9.47 Å². The number of hydrogen-bond acceptors (Lipinski definition) is 3. The van der Waals surface area contributed by atoms with E-state index in [1.54, 1.807) is 7.11 Å². The summed E-state index contributed by atoms with van der Waals surface area (Å²) in [6.07, 6.45) is 1.20. The maximum atomic E-state index is 5.52. The summed E-state index contributed by atoms with van der Waals surface area (Å²) in [5, 5.41) is 3.56. The van der Waals surface area contributed by atoms with Crippen molar-refractivity contribution < 1.29 is 9.47 Å². The van der Waals surface area contributed by atoms with Crippen LogP contribution in [0.2, 0.25) is 0 Å². The molecule has 2 unspecified atom stereocenters. The van der Waals surface area contributed by atoms with Crippen molar-refractivity contribution in [2.75, 3.05) is 13.7 Å². The van der Waals surface area contributed by atoms with E-state index in [1.807, 2.05) is 19.1 Å². The van der Waals surface area contributed by atoms with Crippen LogP contribution in [0.5, 0.6) is 11.5 Å². The summed E-state index contributed by atoms with van der Waals surface area (Å²) >= 11 is 0. The van der Waals surface area contributed by atoms with Gasteiger partial charge in [0.2, 0.25) is 0 Å². The normalized spacial score (nSPS) is 13.9. The van der Waals surface area contributed by atoms with Gasteiger partial charge in [0, 0.05) is 12.6 Å². The SMILES string of the molecule is CCOc1ccc(CNC(C)C(C)CC)cc1OC. The molecule has 0 aliphatic heterocycles. The first-order valence-electron chi connectivity index (χ1n) is 7.15. The largest absolute Gasteiger partial charge is 0.493 e. The van der Waals surface area contributed by atoms with Crippen molar-refractivity contribution in [2.24, 2.45) is 5.92 Å². The highest BCUT2D eigenvalue weighted by Gasteiger charge is 2.10. The van der Waals surface area contributed by atoms with Gasteiger partial charge in [0.25, 0.3) is 0 Å². The molecule has 1 N–H and O–H groups in total. The molecule has 0 amide bonds. The number of rotatable bonds is 8. The minimum atomic E-state index is 0.516. The average molecular weight is 265 g/mol. The van der Waals surface area contributed by atoms with Crippen molar-refractivity contribution in [1.29, 1.82) is 0 Å². The zero-order valence-electron chi connectivity index (χ0n) is 12.8. The molecule has 0 aromatic heterocycles. The average Bonchev–Trinajstić information content (AvgIpc) is 2.45. The van der Waals surface area contributed by atoms with Crippen molar-refractivity contribution in [3.63, 3.8) is 0 Å². The van der Waals surface area contributed by atoms with Crippen molar-refractivity contribution in [3.8, 4) is 11.5 Å². The predicted molar refractivity (Wildman–Crippen MR) is 79.9 cm³/mol. The summed E-state index contributed by atoms with van der Waals surface area (Å²) in [4.78, 5) is 0. The van der Waals surface area contributed by atoms with Gasteiger partial charge in [-0.25, -0.2) is 0 Å². The van der Waals surface area contributed by atoms with E-state index >= 15 is 0 Å². The molecular weight excluding hydrogens is 238 g/mol. The van der Waals surface area contributed by atoms with E-state index in [0.717, 1.165) is 18.0 Å². The molecule has 0 radical (unpaired) electrons. The van der Waals surface area contributed by atoms with Crippen molar-refractivity contribution in [3.05, 3.63) is 23.8 Å².